The highest BCUT2D eigenvalue weighted by molar-refractivity contribution is 7.99. The normalized spacial score (nSPS) is 16.9. The zero-order valence-electron chi connectivity index (χ0n) is 11.5. The first-order chi connectivity index (χ1) is 8.93. The van der Waals surface area contributed by atoms with Gasteiger partial charge in [0, 0.05) is 11.3 Å². The van der Waals surface area contributed by atoms with E-state index in [4.69, 9.17) is 0 Å². The van der Waals surface area contributed by atoms with Gasteiger partial charge in [0.1, 0.15) is 11.1 Å². The highest BCUT2D eigenvalue weighted by Crippen LogP contribution is 2.40. The molecule has 0 atom stereocenters. The van der Waals surface area contributed by atoms with Crippen LogP contribution in [-0.2, 0) is 6.42 Å². The van der Waals surface area contributed by atoms with Gasteiger partial charge in [-0.1, -0.05) is 13.8 Å². The van der Waals surface area contributed by atoms with Crippen molar-refractivity contribution in [1.82, 2.24) is 4.98 Å². The van der Waals surface area contributed by atoms with Crippen LogP contribution >= 0.6 is 23.5 Å². The molecule has 0 saturated carbocycles. The first-order valence-corrected chi connectivity index (χ1v) is 8.46. The number of Topliss-reactive ketones (excluding diaryl/α,β-unsaturated/α-hetero) is 1. The maximum Gasteiger partial charge on any atom is 0.166 e. The van der Waals surface area contributed by atoms with Gasteiger partial charge in [0.25, 0.3) is 0 Å². The lowest BCUT2D eigenvalue weighted by Crippen LogP contribution is -2.29. The summed E-state index contributed by atoms with van der Waals surface area (Å²) in [5.41, 5.74) is 2.04. The van der Waals surface area contributed by atoms with E-state index in [0.29, 0.717) is 17.5 Å². The van der Waals surface area contributed by atoms with E-state index in [-0.39, 0.29) is 11.2 Å². The first-order valence-electron chi connectivity index (χ1n) is 6.01. The molecule has 1 heterocycles. The van der Waals surface area contributed by atoms with E-state index in [9.17, 15) is 10.1 Å². The molecule has 3 nitrogen and oxygen atoms in total. The molecule has 1 aliphatic rings. The fraction of sp³-hybridized carbons (Fsp3) is 0.500. The van der Waals surface area contributed by atoms with Crippen molar-refractivity contribution in [2.24, 2.45) is 5.41 Å². The molecular formula is C14H16N2OS2. The smallest absolute Gasteiger partial charge is 0.166 e. The average Bonchev–Trinajstić information content (AvgIpc) is 2.34. The molecular weight excluding hydrogens is 276 g/mol. The second-order valence-electron chi connectivity index (χ2n) is 5.40. The molecule has 100 valence electrons. The predicted octanol–water partition coefficient (Wildman–Crippen LogP) is 3.55. The predicted molar refractivity (Wildman–Crippen MR) is 78.9 cm³/mol. The van der Waals surface area contributed by atoms with Crippen LogP contribution in [0.5, 0.6) is 0 Å². The molecule has 1 aliphatic carbocycles. The SMILES string of the molecule is CSc1nc2c(c(SC)c1C#N)C(=O)CC(C)(C)C2. The molecule has 1 aromatic heterocycles. The Hall–Kier alpha value is -0.990. The van der Waals surface area contributed by atoms with Crippen LogP contribution in [0.25, 0.3) is 0 Å². The number of hydrogen-bond donors (Lipinski definition) is 0. The lowest BCUT2D eigenvalue weighted by atomic mass is 9.75. The number of thioether (sulfide) groups is 2. The van der Waals surface area contributed by atoms with E-state index in [1.54, 1.807) is 0 Å². The Morgan fingerprint density at radius 3 is 2.47 bits per heavy atom. The summed E-state index contributed by atoms with van der Waals surface area (Å²) in [5, 5.41) is 10.1. The van der Waals surface area contributed by atoms with Gasteiger partial charge < -0.3 is 0 Å². The van der Waals surface area contributed by atoms with Crippen LogP contribution in [0.1, 0.15) is 41.9 Å². The van der Waals surface area contributed by atoms with E-state index in [1.807, 2.05) is 12.5 Å². The van der Waals surface area contributed by atoms with Crippen LogP contribution in [-0.4, -0.2) is 23.3 Å². The van der Waals surface area contributed by atoms with Gasteiger partial charge in [-0.15, -0.1) is 23.5 Å². The highest BCUT2D eigenvalue weighted by Gasteiger charge is 2.35. The molecule has 0 aromatic carbocycles. The van der Waals surface area contributed by atoms with E-state index in [2.05, 4.69) is 24.9 Å². The summed E-state index contributed by atoms with van der Waals surface area (Å²) in [5.74, 6) is 0.118. The van der Waals surface area contributed by atoms with E-state index in [0.717, 1.165) is 22.0 Å². The Balaban J connectivity index is 2.74. The topological polar surface area (TPSA) is 53.8 Å². The van der Waals surface area contributed by atoms with Crippen molar-refractivity contribution in [3.63, 3.8) is 0 Å². The number of pyridine rings is 1. The molecule has 0 bridgehead atoms. The molecule has 19 heavy (non-hydrogen) atoms. The lowest BCUT2D eigenvalue weighted by Gasteiger charge is -2.31. The molecule has 0 aliphatic heterocycles. The summed E-state index contributed by atoms with van der Waals surface area (Å²) < 4.78 is 0. The fourth-order valence-corrected chi connectivity index (χ4v) is 3.89. The Bertz CT molecular complexity index is 588. The van der Waals surface area contributed by atoms with Crippen LogP contribution in [0, 0.1) is 16.7 Å². The summed E-state index contributed by atoms with van der Waals surface area (Å²) in [6.07, 6.45) is 5.14. The van der Waals surface area contributed by atoms with Crippen molar-refractivity contribution >= 4 is 29.3 Å². The third kappa shape index (κ3) is 2.52. The maximum atomic E-state index is 12.4. The van der Waals surface area contributed by atoms with Gasteiger partial charge in [0.15, 0.2) is 5.78 Å². The Labute approximate surface area is 122 Å². The van der Waals surface area contributed by atoms with Crippen LogP contribution in [0.2, 0.25) is 0 Å². The number of carbonyl (C=O) groups is 1. The molecule has 0 N–H and O–H groups in total. The number of rotatable bonds is 2. The van der Waals surface area contributed by atoms with Crippen molar-refractivity contribution in [3.05, 3.63) is 16.8 Å². The fourth-order valence-electron chi connectivity index (χ4n) is 2.49. The number of hydrogen-bond acceptors (Lipinski definition) is 5. The molecule has 0 amide bonds. The molecule has 2 rings (SSSR count). The zero-order valence-corrected chi connectivity index (χ0v) is 13.2. The summed E-state index contributed by atoms with van der Waals surface area (Å²) >= 11 is 2.94. The third-order valence-electron chi connectivity index (χ3n) is 3.27. The van der Waals surface area contributed by atoms with Crippen molar-refractivity contribution in [3.8, 4) is 6.07 Å². The number of nitrogens with zero attached hydrogens (tertiary/aromatic N) is 2. The Morgan fingerprint density at radius 2 is 1.95 bits per heavy atom. The minimum atomic E-state index is -0.0450. The maximum absolute atomic E-state index is 12.4. The third-order valence-corrected chi connectivity index (χ3v) is 4.76. The minimum Gasteiger partial charge on any atom is -0.294 e. The number of fused-ring (bicyclic) bond motifs is 1. The summed E-state index contributed by atoms with van der Waals surface area (Å²) in [6.45, 7) is 4.18. The number of aromatic nitrogens is 1. The number of carbonyl (C=O) groups excluding carboxylic acids is 1. The summed E-state index contributed by atoms with van der Waals surface area (Å²) in [4.78, 5) is 17.7. The largest absolute Gasteiger partial charge is 0.294 e. The molecule has 0 fully saturated rings. The Kier molecular flexibility index (Phi) is 3.93. The highest BCUT2D eigenvalue weighted by atomic mass is 32.2. The van der Waals surface area contributed by atoms with Crippen LogP contribution in [0.4, 0.5) is 0 Å². The molecule has 5 heteroatoms. The molecule has 0 saturated heterocycles. The van der Waals surface area contributed by atoms with Gasteiger partial charge >= 0.3 is 0 Å². The second kappa shape index (κ2) is 5.18. The van der Waals surface area contributed by atoms with Gasteiger partial charge in [-0.3, -0.25) is 4.79 Å². The van der Waals surface area contributed by atoms with Crippen molar-refractivity contribution < 1.29 is 4.79 Å². The van der Waals surface area contributed by atoms with Gasteiger partial charge in [-0.2, -0.15) is 5.26 Å². The molecule has 0 unspecified atom stereocenters. The molecule has 1 aromatic rings. The van der Waals surface area contributed by atoms with Gasteiger partial charge in [-0.05, 0) is 24.3 Å². The Morgan fingerprint density at radius 1 is 1.26 bits per heavy atom. The monoisotopic (exact) mass is 292 g/mol. The lowest BCUT2D eigenvalue weighted by molar-refractivity contribution is 0.0906. The minimum absolute atomic E-state index is 0.0450. The van der Waals surface area contributed by atoms with Crippen molar-refractivity contribution in [1.29, 1.82) is 5.26 Å². The number of ketones is 1. The number of nitriles is 1. The van der Waals surface area contributed by atoms with Crippen molar-refractivity contribution in [2.45, 2.75) is 36.6 Å². The van der Waals surface area contributed by atoms with Crippen LogP contribution in [0.3, 0.4) is 0 Å². The van der Waals surface area contributed by atoms with E-state index < -0.39 is 0 Å². The van der Waals surface area contributed by atoms with Crippen LogP contribution < -0.4 is 0 Å². The summed E-state index contributed by atoms with van der Waals surface area (Å²) in [7, 11) is 0. The van der Waals surface area contributed by atoms with Gasteiger partial charge in [0.05, 0.1) is 16.8 Å². The van der Waals surface area contributed by atoms with Crippen molar-refractivity contribution in [2.75, 3.05) is 12.5 Å². The van der Waals surface area contributed by atoms with E-state index >= 15 is 0 Å². The summed E-state index contributed by atoms with van der Waals surface area (Å²) in [6, 6.07) is 2.20. The molecule has 0 radical (unpaired) electrons. The van der Waals surface area contributed by atoms with Gasteiger partial charge in [0.2, 0.25) is 0 Å². The second-order valence-corrected chi connectivity index (χ2v) is 7.02. The quantitative estimate of drug-likeness (QED) is 0.780. The first kappa shape index (κ1) is 14.4. The van der Waals surface area contributed by atoms with Crippen LogP contribution in [0.15, 0.2) is 9.92 Å². The zero-order chi connectivity index (χ0) is 14.2. The average molecular weight is 292 g/mol. The standard InChI is InChI=1S/C14H16N2OS2/c1-14(2)5-9-11(10(17)6-14)12(18-3)8(7-15)13(16-9)19-4/h5-6H2,1-4H3. The van der Waals surface area contributed by atoms with E-state index in [1.165, 1.54) is 23.5 Å². The van der Waals surface area contributed by atoms with Gasteiger partial charge in [-0.25, -0.2) is 4.98 Å². The molecule has 0 spiro atoms.